The Morgan fingerprint density at radius 1 is 1.35 bits per heavy atom. The maximum atomic E-state index is 10.3. The van der Waals surface area contributed by atoms with E-state index in [2.05, 4.69) is 4.90 Å². The molecule has 1 heterocycles. The summed E-state index contributed by atoms with van der Waals surface area (Å²) in [6, 6.07) is 10.0. The highest BCUT2D eigenvalue weighted by Gasteiger charge is 2.31. The SMILES string of the molecule is CC(C(O)c1ccccc1)N1CCCC1CO. The lowest BCUT2D eigenvalue weighted by Crippen LogP contribution is -2.42. The lowest BCUT2D eigenvalue weighted by Gasteiger charge is -2.33. The van der Waals surface area contributed by atoms with Gasteiger partial charge in [0, 0.05) is 12.1 Å². The fraction of sp³-hybridized carbons (Fsp3) is 0.571. The Labute approximate surface area is 103 Å². The lowest BCUT2D eigenvalue weighted by molar-refractivity contribution is 0.0352. The third-order valence-electron chi connectivity index (χ3n) is 3.75. The van der Waals surface area contributed by atoms with Gasteiger partial charge in [0.25, 0.3) is 0 Å². The lowest BCUT2D eigenvalue weighted by atomic mass is 10.0. The summed E-state index contributed by atoms with van der Waals surface area (Å²) in [5.41, 5.74) is 0.948. The molecule has 17 heavy (non-hydrogen) atoms. The Morgan fingerprint density at radius 3 is 2.71 bits per heavy atom. The van der Waals surface area contributed by atoms with Crippen LogP contribution < -0.4 is 0 Å². The maximum Gasteiger partial charge on any atom is 0.0942 e. The van der Waals surface area contributed by atoms with Crippen LogP contribution in [0.25, 0.3) is 0 Å². The molecule has 0 aromatic heterocycles. The third kappa shape index (κ3) is 2.68. The summed E-state index contributed by atoms with van der Waals surface area (Å²) in [6.45, 7) is 3.19. The van der Waals surface area contributed by atoms with Crippen LogP contribution in [-0.2, 0) is 0 Å². The van der Waals surface area contributed by atoms with Crippen molar-refractivity contribution in [2.75, 3.05) is 13.2 Å². The summed E-state index contributed by atoms with van der Waals surface area (Å²) in [6.07, 6.45) is 1.66. The summed E-state index contributed by atoms with van der Waals surface area (Å²) in [7, 11) is 0. The van der Waals surface area contributed by atoms with E-state index in [1.54, 1.807) is 0 Å². The molecule has 1 aliphatic heterocycles. The van der Waals surface area contributed by atoms with Gasteiger partial charge in [-0.2, -0.15) is 0 Å². The van der Waals surface area contributed by atoms with Gasteiger partial charge in [-0.1, -0.05) is 30.3 Å². The quantitative estimate of drug-likeness (QED) is 0.832. The number of aliphatic hydroxyl groups excluding tert-OH is 2. The smallest absolute Gasteiger partial charge is 0.0942 e. The van der Waals surface area contributed by atoms with Crippen LogP contribution in [-0.4, -0.2) is 40.3 Å². The minimum atomic E-state index is -0.483. The van der Waals surface area contributed by atoms with Crippen molar-refractivity contribution in [1.29, 1.82) is 0 Å². The molecule has 3 unspecified atom stereocenters. The molecule has 1 fully saturated rings. The summed E-state index contributed by atoms with van der Waals surface area (Å²) in [5, 5.41) is 19.7. The third-order valence-corrected chi connectivity index (χ3v) is 3.75. The molecule has 0 bridgehead atoms. The van der Waals surface area contributed by atoms with Crippen molar-refractivity contribution >= 4 is 0 Å². The minimum absolute atomic E-state index is 0.0528. The van der Waals surface area contributed by atoms with Gasteiger partial charge in [0.05, 0.1) is 12.7 Å². The Bertz CT molecular complexity index is 341. The molecule has 94 valence electrons. The van der Waals surface area contributed by atoms with Crippen LogP contribution >= 0.6 is 0 Å². The highest BCUT2D eigenvalue weighted by Crippen LogP contribution is 2.27. The van der Waals surface area contributed by atoms with Crippen LogP contribution in [0.1, 0.15) is 31.4 Å². The van der Waals surface area contributed by atoms with Gasteiger partial charge in [-0.3, -0.25) is 4.90 Å². The molecule has 0 aliphatic carbocycles. The highest BCUT2D eigenvalue weighted by molar-refractivity contribution is 5.18. The van der Waals surface area contributed by atoms with Gasteiger partial charge in [-0.15, -0.1) is 0 Å². The second-order valence-electron chi connectivity index (χ2n) is 4.81. The molecule has 0 saturated carbocycles. The van der Waals surface area contributed by atoms with Gasteiger partial charge >= 0.3 is 0 Å². The van der Waals surface area contributed by atoms with E-state index in [0.717, 1.165) is 24.9 Å². The van der Waals surface area contributed by atoms with Gasteiger partial charge in [0.2, 0.25) is 0 Å². The predicted octanol–water partition coefficient (Wildman–Crippen LogP) is 1.57. The predicted molar refractivity (Wildman–Crippen MR) is 67.7 cm³/mol. The Hall–Kier alpha value is -0.900. The summed E-state index contributed by atoms with van der Waals surface area (Å²) < 4.78 is 0. The Morgan fingerprint density at radius 2 is 2.06 bits per heavy atom. The Balaban J connectivity index is 2.07. The van der Waals surface area contributed by atoms with Crippen molar-refractivity contribution in [2.24, 2.45) is 0 Å². The monoisotopic (exact) mass is 235 g/mol. The largest absolute Gasteiger partial charge is 0.395 e. The van der Waals surface area contributed by atoms with E-state index in [1.807, 2.05) is 37.3 Å². The van der Waals surface area contributed by atoms with Gasteiger partial charge in [-0.25, -0.2) is 0 Å². The zero-order valence-electron chi connectivity index (χ0n) is 10.3. The molecular weight excluding hydrogens is 214 g/mol. The van der Waals surface area contributed by atoms with E-state index in [9.17, 15) is 10.2 Å². The first-order valence-electron chi connectivity index (χ1n) is 6.33. The van der Waals surface area contributed by atoms with Gasteiger partial charge in [0.1, 0.15) is 0 Å². The molecule has 1 aliphatic rings. The van der Waals surface area contributed by atoms with Crippen LogP contribution in [0.3, 0.4) is 0 Å². The molecule has 1 aromatic rings. The van der Waals surface area contributed by atoms with Gasteiger partial charge in [-0.05, 0) is 31.9 Å². The molecule has 0 spiro atoms. The minimum Gasteiger partial charge on any atom is -0.395 e. The van der Waals surface area contributed by atoms with E-state index in [1.165, 1.54) is 0 Å². The van der Waals surface area contributed by atoms with E-state index in [4.69, 9.17) is 0 Å². The van der Waals surface area contributed by atoms with E-state index >= 15 is 0 Å². The van der Waals surface area contributed by atoms with Gasteiger partial charge < -0.3 is 10.2 Å². The number of rotatable bonds is 4. The molecule has 3 atom stereocenters. The first-order chi connectivity index (χ1) is 8.24. The van der Waals surface area contributed by atoms with Crippen LogP contribution in [0.15, 0.2) is 30.3 Å². The van der Waals surface area contributed by atoms with Crippen LogP contribution in [0, 0.1) is 0 Å². The van der Waals surface area contributed by atoms with Crippen molar-refractivity contribution in [2.45, 2.75) is 38.0 Å². The molecular formula is C14H21NO2. The molecule has 0 amide bonds. The van der Waals surface area contributed by atoms with E-state index < -0.39 is 6.10 Å². The normalized spacial score (nSPS) is 24.8. The number of benzene rings is 1. The van der Waals surface area contributed by atoms with E-state index in [0.29, 0.717) is 0 Å². The molecule has 3 nitrogen and oxygen atoms in total. The number of aliphatic hydroxyl groups is 2. The molecule has 1 aromatic carbocycles. The van der Waals surface area contributed by atoms with Crippen molar-refractivity contribution in [3.63, 3.8) is 0 Å². The number of likely N-dealkylation sites (tertiary alicyclic amines) is 1. The van der Waals surface area contributed by atoms with Crippen LogP contribution in [0.5, 0.6) is 0 Å². The van der Waals surface area contributed by atoms with Gasteiger partial charge in [0.15, 0.2) is 0 Å². The molecule has 1 saturated heterocycles. The van der Waals surface area contributed by atoms with E-state index in [-0.39, 0.29) is 18.7 Å². The summed E-state index contributed by atoms with van der Waals surface area (Å²) >= 11 is 0. The average Bonchev–Trinajstić information content (AvgIpc) is 2.86. The molecule has 3 heteroatoms. The van der Waals surface area contributed by atoms with Crippen molar-refractivity contribution in [3.05, 3.63) is 35.9 Å². The topological polar surface area (TPSA) is 43.7 Å². The second-order valence-corrected chi connectivity index (χ2v) is 4.81. The summed E-state index contributed by atoms with van der Waals surface area (Å²) in [4.78, 5) is 2.22. The molecule has 2 N–H and O–H groups in total. The number of hydrogen-bond donors (Lipinski definition) is 2. The van der Waals surface area contributed by atoms with Crippen molar-refractivity contribution in [1.82, 2.24) is 4.90 Å². The van der Waals surface area contributed by atoms with Crippen LogP contribution in [0.4, 0.5) is 0 Å². The summed E-state index contributed by atoms with van der Waals surface area (Å²) in [5.74, 6) is 0. The maximum absolute atomic E-state index is 10.3. The average molecular weight is 235 g/mol. The van der Waals surface area contributed by atoms with Crippen molar-refractivity contribution in [3.8, 4) is 0 Å². The highest BCUT2D eigenvalue weighted by atomic mass is 16.3. The zero-order chi connectivity index (χ0) is 12.3. The van der Waals surface area contributed by atoms with Crippen molar-refractivity contribution < 1.29 is 10.2 Å². The fourth-order valence-corrected chi connectivity index (χ4v) is 2.70. The fourth-order valence-electron chi connectivity index (χ4n) is 2.70. The first-order valence-corrected chi connectivity index (χ1v) is 6.33. The Kier molecular flexibility index (Phi) is 4.15. The molecule has 0 radical (unpaired) electrons. The number of nitrogens with zero attached hydrogens (tertiary/aromatic N) is 1. The zero-order valence-corrected chi connectivity index (χ0v) is 10.3. The molecule has 2 rings (SSSR count). The second kappa shape index (κ2) is 5.63. The standard InChI is InChI=1S/C14H21NO2/c1-11(15-9-5-8-13(15)10-16)14(17)12-6-3-2-4-7-12/h2-4,6-7,11,13-14,16-17H,5,8-10H2,1H3. The van der Waals surface area contributed by atoms with Crippen LogP contribution in [0.2, 0.25) is 0 Å². The first kappa shape index (κ1) is 12.6. The number of hydrogen-bond acceptors (Lipinski definition) is 3.